The number of carbonyl (C=O) groups excluding carboxylic acids is 3. The summed E-state index contributed by atoms with van der Waals surface area (Å²) in [5.74, 6) is -6.31. The summed E-state index contributed by atoms with van der Waals surface area (Å²) in [6.07, 6.45) is 5.13. The number of carboxylic acid groups (broad SMARTS) is 1. The Morgan fingerprint density at radius 2 is 0.718 bits per heavy atom. The molecule has 11 aromatic carbocycles. The molecule has 0 spiro atoms. The van der Waals surface area contributed by atoms with Crippen LogP contribution in [0.5, 0.6) is 23.0 Å². The predicted molar refractivity (Wildman–Crippen MR) is 479 cm³/mol. The Morgan fingerprint density at radius 1 is 0.397 bits per heavy atom. The fraction of sp³-hybridized carbons (Fsp3) is 0.179. The van der Waals surface area contributed by atoms with E-state index in [4.69, 9.17) is 78.8 Å². The van der Waals surface area contributed by atoms with Crippen molar-refractivity contribution in [2.75, 3.05) is 19.8 Å². The first-order chi connectivity index (χ1) is 61.5. The summed E-state index contributed by atoms with van der Waals surface area (Å²) in [6.45, 7) is 6.19. The van der Waals surface area contributed by atoms with Gasteiger partial charge in [-0.2, -0.15) is 0 Å². The van der Waals surface area contributed by atoms with E-state index < -0.39 is 77.5 Å². The summed E-state index contributed by atoms with van der Waals surface area (Å²) in [7, 11) is -1.40. The Balaban J connectivity index is 0.000000223. The first kappa shape index (κ1) is 106. The van der Waals surface area contributed by atoms with Gasteiger partial charge in [0.25, 0.3) is 0 Å². The van der Waals surface area contributed by atoms with E-state index in [1.807, 2.05) is 54.6 Å². The van der Waals surface area contributed by atoms with E-state index in [2.05, 4.69) is 36.6 Å². The maximum atomic E-state index is 15.2. The number of rotatable bonds is 27. The number of aliphatic hydroxyl groups is 1. The Morgan fingerprint density at radius 3 is 1.08 bits per heavy atom. The zero-order valence-electron chi connectivity index (χ0n) is 70.6. The van der Waals surface area contributed by atoms with Gasteiger partial charge in [-0.3, -0.25) is 19.2 Å². The van der Waals surface area contributed by atoms with Crippen molar-refractivity contribution in [2.24, 2.45) is 17.2 Å². The van der Waals surface area contributed by atoms with Gasteiger partial charge in [0.2, 0.25) is 0 Å². The van der Waals surface area contributed by atoms with Gasteiger partial charge >= 0.3 is 49.9 Å². The molecule has 0 aliphatic heterocycles. The Bertz CT molecular complexity index is 6400. The van der Waals surface area contributed by atoms with Crippen molar-refractivity contribution >= 4 is 125 Å². The number of fused-ring (bicyclic) bond motifs is 4. The fourth-order valence-corrected chi connectivity index (χ4v) is 14.1. The normalized spacial score (nSPS) is 10.5. The quantitative estimate of drug-likeness (QED) is 0.0103. The topological polar surface area (TPSA) is 385 Å². The monoisotopic (exact) mass is 1950 g/mol. The van der Waals surface area contributed by atoms with Crippen LogP contribution in [-0.4, -0.2) is 81.7 Å². The van der Waals surface area contributed by atoms with Crippen LogP contribution in [0, 0.1) is 46.5 Å². The smallest absolute Gasteiger partial charge is 0.870 e. The number of ether oxygens (including phenoxy) is 6. The number of aliphatic hydroxyl groups excluding tert-OH is 1. The van der Waals surface area contributed by atoms with E-state index in [9.17, 15) is 50.6 Å². The van der Waals surface area contributed by atoms with Crippen molar-refractivity contribution in [3.05, 3.63) is 336 Å². The molecule has 0 bridgehead atoms. The van der Waals surface area contributed by atoms with E-state index in [0.717, 1.165) is 52.1 Å². The number of esters is 3. The van der Waals surface area contributed by atoms with Crippen molar-refractivity contribution in [3.8, 4) is 45.3 Å². The van der Waals surface area contributed by atoms with Crippen LogP contribution < -0.4 is 55.7 Å². The summed E-state index contributed by atoms with van der Waals surface area (Å²) in [4.78, 5) is 45.7. The van der Waals surface area contributed by atoms with Crippen LogP contribution in [-0.2, 0) is 105 Å². The second kappa shape index (κ2) is 51.4. The number of hydrogen-bond donors (Lipinski definition) is 8. The zero-order valence-corrected chi connectivity index (χ0v) is 74.6. The van der Waals surface area contributed by atoms with Gasteiger partial charge in [0, 0.05) is 99.5 Å². The van der Waals surface area contributed by atoms with Crippen LogP contribution >= 0.6 is 44.3 Å². The van der Waals surface area contributed by atoms with Gasteiger partial charge in [0.15, 0.2) is 11.2 Å². The van der Waals surface area contributed by atoms with Crippen LogP contribution in [0.25, 0.3) is 66.1 Å². The van der Waals surface area contributed by atoms with Gasteiger partial charge in [0.05, 0.1) is 108 Å². The molecule has 15 rings (SSSR count). The van der Waals surface area contributed by atoms with E-state index in [1.54, 1.807) is 63.2 Å². The number of nitrogens with two attached hydrogens (primary N) is 3. The molecule has 131 heavy (non-hydrogen) atoms. The summed E-state index contributed by atoms with van der Waals surface area (Å²) in [5, 5.41) is 46.0. The SMILES string of the molecule is CCOC(=O)Cc1ccc(F)cc1O.CCOC(=O)Cc1ccc(F)cc1OCc1cc(-c2cccc(CN)c2)c2occc2c1F.CCOC(=O)Cc1ccc(F)cc1OCc1cc(Br)c2occc2c1F.Cl.NCc1cccc(-c2cc(COc3cc(F)ccc3CC(=O)O)c(F)c3ccoc23)c1.NCc1cccc(B(O)O)c1.OCc1cc(Br)c2occc2c1F.[Li+].[OH-]. The maximum absolute atomic E-state index is 15.2. The number of phenolic OH excluding ortho intramolecular Hbond substituents is 1. The largest absolute Gasteiger partial charge is 1.00 e. The van der Waals surface area contributed by atoms with Gasteiger partial charge in [-0.1, -0.05) is 84.9 Å². The van der Waals surface area contributed by atoms with Crippen LogP contribution in [0.4, 0.5) is 35.1 Å². The average molecular weight is 1950 g/mol. The third-order valence-corrected chi connectivity index (χ3v) is 20.2. The molecule has 4 heterocycles. The molecular formula is C95H86BBr2ClF8LiN3O20. The average Bonchev–Trinajstić information content (AvgIpc) is 1.70. The number of aliphatic carboxylic acids is 1. The zero-order chi connectivity index (χ0) is 92.3. The molecular weight excluding hydrogens is 1870 g/mol. The standard InChI is InChI=1S/C26H23F2NO4.C24H19F2NO4.C19H15BrF2O4.C10H11FO3.C9H6BrFO2.C7H10BNO2.ClH.Li.H2O/c1-2-31-24(30)12-18-6-7-20(27)13-23(18)33-15-19-11-22(17-5-3-4-16(10-17)14-29)26-21(25(19)28)8-9-32-26;25-18-5-4-16(10-22(28)29)21(11-18)31-13-17-9-20(15-3-1-2-14(8-15)12-27)24-19(23(17)26)6-7-30-24;1-2-24-17(23)8-11-3-4-13(21)9-16(11)26-10-12-7-15(20)19-14(18(12)22)5-6-25-19;1-2-14-10(13)5-7-3-4-8(11)6-9(7)12;10-7-3-5(4-12)8(11)6-1-2-13-9(6)7;9-5-6-2-1-3-7(4-6)8(10)11;;;/h3-11,13H,2,12,14-15,29H2,1H3;1-9,11H,10,12-13,27H2,(H,28,29);3-7,9H,2,8,10H2,1H3;3-4,6,12H,2,5H2,1H3;1-3,12H,4H2;1-4,10-11H,5,9H2;1H;;1H2/q;;;;;;;+1;/p-1. The van der Waals surface area contributed by atoms with Gasteiger partial charge in [-0.05, 0) is 171 Å². The molecule has 0 fully saturated rings. The van der Waals surface area contributed by atoms with Crippen molar-refractivity contribution in [1.82, 2.24) is 0 Å². The Labute approximate surface area is 780 Å². The summed E-state index contributed by atoms with van der Waals surface area (Å²) in [5.41, 5.74) is 27.4. The van der Waals surface area contributed by atoms with E-state index in [-0.39, 0.29) is 147 Å². The second-order valence-electron chi connectivity index (χ2n) is 27.8. The molecule has 4 aromatic heterocycles. The number of phenols is 1. The number of hydrogen-bond acceptors (Lipinski definition) is 22. The van der Waals surface area contributed by atoms with Crippen LogP contribution in [0.3, 0.4) is 0 Å². The molecule has 15 aromatic rings. The maximum Gasteiger partial charge on any atom is 1.00 e. The first-order valence-electron chi connectivity index (χ1n) is 39.4. The number of benzene rings is 11. The third kappa shape index (κ3) is 28.9. The molecule has 0 amide bonds. The summed E-state index contributed by atoms with van der Waals surface area (Å²) >= 11 is 6.56. The minimum atomic E-state index is -1.40. The van der Waals surface area contributed by atoms with Gasteiger partial charge in [0.1, 0.15) is 101 Å². The minimum absolute atomic E-state index is 0. The number of carboxylic acids is 1. The summed E-state index contributed by atoms with van der Waals surface area (Å²) in [6, 6.07) is 49.3. The third-order valence-electron chi connectivity index (χ3n) is 19.0. The number of carbonyl (C=O) groups is 4. The number of aromatic hydroxyl groups is 1. The van der Waals surface area contributed by atoms with E-state index >= 15 is 8.78 Å². The van der Waals surface area contributed by atoms with Gasteiger partial charge in [-0.15, -0.1) is 12.4 Å². The predicted octanol–water partition coefficient (Wildman–Crippen LogP) is 16.3. The molecule has 0 saturated carbocycles. The van der Waals surface area contributed by atoms with Crippen LogP contribution in [0.1, 0.15) is 82.0 Å². The summed E-state index contributed by atoms with van der Waals surface area (Å²) < 4.78 is 166. The molecule has 36 heteroatoms. The molecule has 682 valence electrons. The molecule has 0 aliphatic rings. The van der Waals surface area contributed by atoms with E-state index in [0.29, 0.717) is 118 Å². The minimum Gasteiger partial charge on any atom is -0.870 e. The van der Waals surface area contributed by atoms with Crippen LogP contribution in [0.2, 0.25) is 0 Å². The van der Waals surface area contributed by atoms with Gasteiger partial charge < -0.3 is 94.1 Å². The Kier molecular flexibility index (Phi) is 41.5. The molecule has 23 nitrogen and oxygen atoms in total. The first-order valence-corrected chi connectivity index (χ1v) is 40.9. The van der Waals surface area contributed by atoms with Gasteiger partial charge in [-0.25, -0.2) is 35.1 Å². The molecule has 0 saturated heterocycles. The Hall–Kier alpha value is -12.3. The van der Waals surface area contributed by atoms with Crippen molar-refractivity contribution in [2.45, 2.75) is 92.5 Å². The fourth-order valence-electron chi connectivity index (χ4n) is 12.9. The number of furan rings is 4. The van der Waals surface area contributed by atoms with E-state index in [1.165, 1.54) is 97.8 Å². The van der Waals surface area contributed by atoms with Crippen molar-refractivity contribution in [3.63, 3.8) is 0 Å². The van der Waals surface area contributed by atoms with Crippen LogP contribution in [0.15, 0.2) is 246 Å². The molecule has 0 radical (unpaired) electrons. The molecule has 0 atom stereocenters. The molecule has 0 aliphatic carbocycles. The second-order valence-corrected chi connectivity index (χ2v) is 29.5. The molecule has 12 N–H and O–H groups in total. The van der Waals surface area contributed by atoms with Crippen molar-refractivity contribution in [1.29, 1.82) is 0 Å². The van der Waals surface area contributed by atoms with Crippen molar-refractivity contribution < 1.29 is 150 Å². The molecule has 0 unspecified atom stereocenters. The number of halogens is 11.